The first-order chi connectivity index (χ1) is 13.3. The van der Waals surface area contributed by atoms with Gasteiger partial charge in [-0.3, -0.25) is 4.40 Å². The number of aryl methyl sites for hydroxylation is 1. The van der Waals surface area contributed by atoms with Crippen LogP contribution >= 0.6 is 27.3 Å². The minimum Gasteiger partial charge on any atom is -0.357 e. The van der Waals surface area contributed by atoms with Crippen molar-refractivity contribution in [2.75, 3.05) is 12.4 Å². The number of imidazole rings is 1. The van der Waals surface area contributed by atoms with E-state index in [2.05, 4.69) is 70.6 Å². The number of thiazole rings is 1. The highest BCUT2D eigenvalue weighted by atomic mass is 79.9. The number of nitrogens with zero attached hydrogens (tertiary/aromatic N) is 4. The molecule has 0 fully saturated rings. The number of benzene rings is 1. The van der Waals surface area contributed by atoms with Gasteiger partial charge in [0.05, 0.1) is 5.69 Å². The zero-order valence-corrected chi connectivity index (χ0v) is 19.2. The van der Waals surface area contributed by atoms with E-state index in [-0.39, 0.29) is 0 Å². The van der Waals surface area contributed by atoms with Crippen molar-refractivity contribution in [2.45, 2.75) is 34.6 Å². The summed E-state index contributed by atoms with van der Waals surface area (Å²) in [5, 5.41) is 5.17. The molecule has 1 N–H and O–H groups in total. The van der Waals surface area contributed by atoms with Gasteiger partial charge in [0.1, 0.15) is 11.4 Å². The van der Waals surface area contributed by atoms with Gasteiger partial charge in [-0.25, -0.2) is 15.0 Å². The molecule has 0 saturated carbocycles. The van der Waals surface area contributed by atoms with Crippen molar-refractivity contribution in [3.05, 3.63) is 50.1 Å². The molecule has 0 spiro atoms. The number of fused-ring (bicyclic) bond motifs is 1. The van der Waals surface area contributed by atoms with E-state index in [1.54, 1.807) is 17.5 Å². The number of aromatic nitrogens is 4. The highest BCUT2D eigenvalue weighted by molar-refractivity contribution is 9.10. The zero-order valence-electron chi connectivity index (χ0n) is 16.8. The summed E-state index contributed by atoms with van der Waals surface area (Å²) >= 11 is 5.45. The lowest BCUT2D eigenvalue weighted by molar-refractivity contribution is 1.10. The largest absolute Gasteiger partial charge is 0.357 e. The maximum absolute atomic E-state index is 5.05. The molecule has 0 bridgehead atoms. The summed E-state index contributed by atoms with van der Waals surface area (Å²) in [6.45, 7) is 10.8. The summed E-state index contributed by atoms with van der Waals surface area (Å²) in [6, 6.07) is 1.95. The number of anilines is 1. The third-order valence-corrected chi connectivity index (χ3v) is 7.56. The first kappa shape index (κ1) is 19.1. The fraction of sp³-hybridized carbons (Fsp3) is 0.286. The predicted molar refractivity (Wildman–Crippen MR) is 120 cm³/mol. The van der Waals surface area contributed by atoms with Gasteiger partial charge in [-0.1, -0.05) is 15.9 Å². The van der Waals surface area contributed by atoms with E-state index in [1.165, 1.54) is 27.8 Å². The lowest BCUT2D eigenvalue weighted by atomic mass is 9.91. The standard InChI is InChI=1S/C21H22BrN5S/c1-10-9-28-21-26-18(16-12(3)11(2)13(4)17(22)14(16)5)19(27(10)21)15-7-8-24-20(23-6)25-15/h7-9H,1-6H3,(H,23,24,25). The molecular weight excluding hydrogens is 434 g/mol. The van der Waals surface area contributed by atoms with Gasteiger partial charge in [-0.05, 0) is 62.9 Å². The van der Waals surface area contributed by atoms with Crippen molar-refractivity contribution in [1.29, 1.82) is 0 Å². The molecule has 4 aromatic rings. The first-order valence-electron chi connectivity index (χ1n) is 9.09. The van der Waals surface area contributed by atoms with Crippen LogP contribution in [0.1, 0.15) is 27.9 Å². The molecule has 0 radical (unpaired) electrons. The normalized spacial score (nSPS) is 11.4. The first-order valence-corrected chi connectivity index (χ1v) is 10.8. The van der Waals surface area contributed by atoms with Crippen molar-refractivity contribution in [2.24, 2.45) is 0 Å². The molecule has 0 amide bonds. The highest BCUT2D eigenvalue weighted by Gasteiger charge is 2.24. The fourth-order valence-corrected chi connectivity index (χ4v) is 5.04. The lowest BCUT2D eigenvalue weighted by Gasteiger charge is -2.17. The SMILES string of the molecule is CNc1nccc(-c2c(-c3c(C)c(C)c(C)c(Br)c3C)nc3scc(C)n23)n1. The molecule has 0 unspecified atom stereocenters. The summed E-state index contributed by atoms with van der Waals surface area (Å²) in [7, 11) is 1.83. The Labute approximate surface area is 177 Å². The second-order valence-electron chi connectivity index (χ2n) is 7.01. The van der Waals surface area contributed by atoms with Gasteiger partial charge in [-0.15, -0.1) is 11.3 Å². The van der Waals surface area contributed by atoms with Crippen LogP contribution in [0.5, 0.6) is 0 Å². The summed E-state index contributed by atoms with van der Waals surface area (Å²) in [6.07, 6.45) is 1.79. The molecule has 5 nitrogen and oxygen atoms in total. The molecule has 0 saturated heterocycles. The van der Waals surface area contributed by atoms with Gasteiger partial charge in [0, 0.05) is 34.4 Å². The third kappa shape index (κ3) is 2.76. The Kier molecular flexibility index (Phi) is 4.75. The second kappa shape index (κ2) is 6.97. The van der Waals surface area contributed by atoms with Gasteiger partial charge in [0.2, 0.25) is 5.95 Å². The summed E-state index contributed by atoms with van der Waals surface area (Å²) in [5.41, 5.74) is 10.2. The van der Waals surface area contributed by atoms with Crippen LogP contribution in [0, 0.1) is 34.6 Å². The van der Waals surface area contributed by atoms with Crippen LogP contribution in [0.25, 0.3) is 27.6 Å². The van der Waals surface area contributed by atoms with Crippen molar-refractivity contribution in [3.8, 4) is 22.6 Å². The van der Waals surface area contributed by atoms with E-state index < -0.39 is 0 Å². The topological polar surface area (TPSA) is 55.1 Å². The zero-order chi connectivity index (χ0) is 20.2. The molecule has 4 rings (SSSR count). The molecule has 7 heteroatoms. The Hall–Kier alpha value is -2.25. The van der Waals surface area contributed by atoms with Crippen LogP contribution < -0.4 is 5.32 Å². The number of rotatable bonds is 3. The molecule has 0 atom stereocenters. The van der Waals surface area contributed by atoms with Gasteiger partial charge >= 0.3 is 0 Å². The number of nitrogens with one attached hydrogen (secondary N) is 1. The molecule has 0 aliphatic heterocycles. The minimum atomic E-state index is 0.598. The molecule has 0 aliphatic carbocycles. The summed E-state index contributed by atoms with van der Waals surface area (Å²) in [5.74, 6) is 0.598. The average Bonchev–Trinajstić information content (AvgIpc) is 3.25. The molecular formula is C21H22BrN5S. The summed E-state index contributed by atoms with van der Waals surface area (Å²) in [4.78, 5) is 15.0. The minimum absolute atomic E-state index is 0.598. The quantitative estimate of drug-likeness (QED) is 0.419. The van der Waals surface area contributed by atoms with Crippen LogP contribution in [0.4, 0.5) is 5.95 Å². The monoisotopic (exact) mass is 455 g/mol. The number of hydrogen-bond acceptors (Lipinski definition) is 5. The van der Waals surface area contributed by atoms with E-state index >= 15 is 0 Å². The third-order valence-electron chi connectivity index (χ3n) is 5.43. The van der Waals surface area contributed by atoms with Gasteiger partial charge in [0.25, 0.3) is 0 Å². The van der Waals surface area contributed by atoms with Crippen molar-refractivity contribution >= 4 is 38.2 Å². The van der Waals surface area contributed by atoms with E-state index in [9.17, 15) is 0 Å². The highest BCUT2D eigenvalue weighted by Crippen LogP contribution is 2.42. The van der Waals surface area contributed by atoms with Crippen molar-refractivity contribution in [1.82, 2.24) is 19.4 Å². The van der Waals surface area contributed by atoms with Crippen LogP contribution in [0.3, 0.4) is 0 Å². The maximum atomic E-state index is 5.05. The Morgan fingerprint density at radius 2 is 1.75 bits per heavy atom. The molecule has 28 heavy (non-hydrogen) atoms. The number of halogens is 1. The molecule has 0 aliphatic rings. The Morgan fingerprint density at radius 3 is 2.46 bits per heavy atom. The van der Waals surface area contributed by atoms with Crippen molar-refractivity contribution < 1.29 is 0 Å². The number of hydrogen-bond donors (Lipinski definition) is 1. The van der Waals surface area contributed by atoms with E-state index in [0.29, 0.717) is 5.95 Å². The van der Waals surface area contributed by atoms with Crippen LogP contribution in [-0.2, 0) is 0 Å². The molecule has 3 aromatic heterocycles. The Morgan fingerprint density at radius 1 is 1.00 bits per heavy atom. The van der Waals surface area contributed by atoms with Gasteiger partial charge < -0.3 is 5.32 Å². The second-order valence-corrected chi connectivity index (χ2v) is 8.64. The molecule has 144 valence electrons. The van der Waals surface area contributed by atoms with Crippen LogP contribution in [0.2, 0.25) is 0 Å². The summed E-state index contributed by atoms with van der Waals surface area (Å²) < 4.78 is 3.34. The average molecular weight is 456 g/mol. The van der Waals surface area contributed by atoms with Crippen molar-refractivity contribution in [3.63, 3.8) is 0 Å². The predicted octanol–water partition coefficient (Wildman–Crippen LogP) is 5.87. The van der Waals surface area contributed by atoms with Crippen LogP contribution in [-0.4, -0.2) is 26.4 Å². The Balaban J connectivity index is 2.13. The molecule has 3 heterocycles. The van der Waals surface area contributed by atoms with Gasteiger partial charge in [-0.2, -0.15) is 0 Å². The molecule has 1 aromatic carbocycles. The van der Waals surface area contributed by atoms with E-state index in [4.69, 9.17) is 9.97 Å². The smallest absolute Gasteiger partial charge is 0.222 e. The maximum Gasteiger partial charge on any atom is 0.222 e. The van der Waals surface area contributed by atoms with Gasteiger partial charge in [0.15, 0.2) is 4.96 Å². The van der Waals surface area contributed by atoms with E-state index in [1.807, 2.05) is 13.1 Å². The lowest BCUT2D eigenvalue weighted by Crippen LogP contribution is -2.02. The Bertz CT molecular complexity index is 1190. The fourth-order valence-electron chi connectivity index (χ4n) is 3.68. The van der Waals surface area contributed by atoms with E-state index in [0.717, 1.165) is 32.2 Å². The van der Waals surface area contributed by atoms with Crippen LogP contribution in [0.15, 0.2) is 22.1 Å².